The van der Waals surface area contributed by atoms with Crippen molar-refractivity contribution in [2.75, 3.05) is 19.8 Å². The largest absolute Gasteiger partial charge is 0.389 e. The van der Waals surface area contributed by atoms with Crippen LogP contribution in [0.2, 0.25) is 0 Å². The molecule has 0 bridgehead atoms. The number of hydrogen-bond donors (Lipinski definition) is 2. The maximum atomic E-state index is 10.9. The quantitative estimate of drug-likeness (QED) is 0.727. The number of ether oxygens (including phenoxy) is 1. The van der Waals surface area contributed by atoms with E-state index < -0.39 is 5.60 Å². The van der Waals surface area contributed by atoms with Gasteiger partial charge in [-0.3, -0.25) is 0 Å². The molecule has 3 N–H and O–H groups in total. The van der Waals surface area contributed by atoms with E-state index >= 15 is 0 Å². The molecule has 2 aliphatic rings. The van der Waals surface area contributed by atoms with Gasteiger partial charge in [0.2, 0.25) is 0 Å². The summed E-state index contributed by atoms with van der Waals surface area (Å²) in [6.45, 7) is 4.11. The van der Waals surface area contributed by atoms with Crippen molar-refractivity contribution in [3.8, 4) is 0 Å². The molecule has 0 aromatic heterocycles. The topological polar surface area (TPSA) is 55.5 Å². The Morgan fingerprint density at radius 1 is 1.40 bits per heavy atom. The van der Waals surface area contributed by atoms with Crippen LogP contribution in [0.4, 0.5) is 0 Å². The van der Waals surface area contributed by atoms with Crippen molar-refractivity contribution in [3.05, 3.63) is 0 Å². The zero-order valence-corrected chi connectivity index (χ0v) is 9.67. The molecule has 2 rings (SSSR count). The van der Waals surface area contributed by atoms with Gasteiger partial charge in [-0.2, -0.15) is 0 Å². The fourth-order valence-electron chi connectivity index (χ4n) is 3.40. The Bertz CT molecular complexity index is 226. The molecule has 0 aromatic rings. The first-order valence-corrected chi connectivity index (χ1v) is 6.15. The molecule has 0 aromatic carbocycles. The minimum atomic E-state index is -0.587. The van der Waals surface area contributed by atoms with Crippen molar-refractivity contribution in [3.63, 3.8) is 0 Å². The summed E-state index contributed by atoms with van der Waals surface area (Å²) in [4.78, 5) is 0. The molecule has 0 spiro atoms. The molecule has 1 saturated carbocycles. The van der Waals surface area contributed by atoms with Crippen molar-refractivity contribution in [1.82, 2.24) is 0 Å². The van der Waals surface area contributed by atoms with E-state index in [1.807, 2.05) is 0 Å². The molecule has 1 aliphatic carbocycles. The molecule has 1 aliphatic heterocycles. The lowest BCUT2D eigenvalue weighted by Crippen LogP contribution is -2.58. The monoisotopic (exact) mass is 213 g/mol. The fraction of sp³-hybridized carbons (Fsp3) is 1.00. The van der Waals surface area contributed by atoms with E-state index in [2.05, 4.69) is 6.92 Å². The second kappa shape index (κ2) is 4.04. The van der Waals surface area contributed by atoms with E-state index in [-0.39, 0.29) is 5.41 Å². The molecule has 3 heteroatoms. The minimum absolute atomic E-state index is 0.174. The van der Waals surface area contributed by atoms with Crippen molar-refractivity contribution in [2.45, 2.75) is 44.6 Å². The molecule has 1 heterocycles. The SMILES string of the molecule is CC1CCCCC1(O)C1(CN)CCOC1. The van der Waals surface area contributed by atoms with Crippen LogP contribution >= 0.6 is 0 Å². The summed E-state index contributed by atoms with van der Waals surface area (Å²) in [5.41, 5.74) is 5.15. The van der Waals surface area contributed by atoms with Crippen LogP contribution in [0.3, 0.4) is 0 Å². The highest BCUT2D eigenvalue weighted by atomic mass is 16.5. The average molecular weight is 213 g/mol. The maximum Gasteiger partial charge on any atom is 0.0764 e. The van der Waals surface area contributed by atoms with Crippen LogP contribution in [0.25, 0.3) is 0 Å². The van der Waals surface area contributed by atoms with Gasteiger partial charge in [-0.05, 0) is 25.2 Å². The summed E-state index contributed by atoms with van der Waals surface area (Å²) >= 11 is 0. The number of nitrogens with two attached hydrogens (primary N) is 1. The fourth-order valence-corrected chi connectivity index (χ4v) is 3.40. The summed E-state index contributed by atoms with van der Waals surface area (Å²) in [5, 5.41) is 10.9. The Morgan fingerprint density at radius 2 is 2.20 bits per heavy atom. The normalized spacial score (nSPS) is 47.0. The van der Waals surface area contributed by atoms with Gasteiger partial charge in [0.25, 0.3) is 0 Å². The number of rotatable bonds is 2. The zero-order chi connectivity index (χ0) is 10.9. The van der Waals surface area contributed by atoms with Crippen LogP contribution in [0.15, 0.2) is 0 Å². The maximum absolute atomic E-state index is 10.9. The molecule has 0 radical (unpaired) electrons. The second-order valence-electron chi connectivity index (χ2n) is 5.36. The van der Waals surface area contributed by atoms with Gasteiger partial charge in [0.15, 0.2) is 0 Å². The van der Waals surface area contributed by atoms with Gasteiger partial charge in [0.1, 0.15) is 0 Å². The third-order valence-corrected chi connectivity index (χ3v) is 4.67. The number of aliphatic hydroxyl groups is 1. The van der Waals surface area contributed by atoms with E-state index in [0.29, 0.717) is 19.1 Å². The molecule has 3 unspecified atom stereocenters. The predicted octanol–water partition coefficient (Wildman–Crippen LogP) is 1.29. The van der Waals surface area contributed by atoms with Gasteiger partial charge in [0, 0.05) is 18.6 Å². The first kappa shape index (κ1) is 11.4. The molecule has 0 amide bonds. The zero-order valence-electron chi connectivity index (χ0n) is 9.67. The lowest BCUT2D eigenvalue weighted by atomic mass is 9.60. The summed E-state index contributed by atoms with van der Waals surface area (Å²) in [7, 11) is 0. The van der Waals surface area contributed by atoms with Gasteiger partial charge in [-0.15, -0.1) is 0 Å². The van der Waals surface area contributed by atoms with E-state index in [1.54, 1.807) is 0 Å². The van der Waals surface area contributed by atoms with Crippen molar-refractivity contribution in [2.24, 2.45) is 17.1 Å². The third kappa shape index (κ3) is 1.61. The molecule has 88 valence electrons. The van der Waals surface area contributed by atoms with Crippen LogP contribution in [0, 0.1) is 11.3 Å². The molecule has 3 nitrogen and oxygen atoms in total. The van der Waals surface area contributed by atoms with E-state index in [4.69, 9.17) is 10.5 Å². The van der Waals surface area contributed by atoms with Gasteiger partial charge >= 0.3 is 0 Å². The first-order chi connectivity index (χ1) is 7.15. The highest BCUT2D eigenvalue weighted by Crippen LogP contribution is 2.49. The van der Waals surface area contributed by atoms with Gasteiger partial charge in [0.05, 0.1) is 12.2 Å². The van der Waals surface area contributed by atoms with Gasteiger partial charge < -0.3 is 15.6 Å². The standard InChI is InChI=1S/C12H23NO2/c1-10-4-2-3-5-12(10,14)11(8-13)6-7-15-9-11/h10,14H,2-9,13H2,1H3. The Kier molecular flexibility index (Phi) is 3.06. The molecule has 15 heavy (non-hydrogen) atoms. The van der Waals surface area contributed by atoms with Gasteiger partial charge in [-0.25, -0.2) is 0 Å². The average Bonchev–Trinajstić information content (AvgIpc) is 2.72. The molecule has 2 fully saturated rings. The second-order valence-corrected chi connectivity index (χ2v) is 5.36. The van der Waals surface area contributed by atoms with E-state index in [9.17, 15) is 5.11 Å². The Balaban J connectivity index is 2.24. The lowest BCUT2D eigenvalue weighted by Gasteiger charge is -2.50. The smallest absolute Gasteiger partial charge is 0.0764 e. The van der Waals surface area contributed by atoms with Crippen LogP contribution in [-0.4, -0.2) is 30.5 Å². The molecule has 3 atom stereocenters. The van der Waals surface area contributed by atoms with Crippen LogP contribution in [0.1, 0.15) is 39.0 Å². The van der Waals surface area contributed by atoms with Crippen LogP contribution in [-0.2, 0) is 4.74 Å². The van der Waals surface area contributed by atoms with E-state index in [0.717, 1.165) is 32.3 Å². The molecule has 1 saturated heterocycles. The van der Waals surface area contributed by atoms with Gasteiger partial charge in [-0.1, -0.05) is 19.8 Å². The van der Waals surface area contributed by atoms with Crippen LogP contribution in [0.5, 0.6) is 0 Å². The number of hydrogen-bond acceptors (Lipinski definition) is 3. The molecular formula is C12H23NO2. The predicted molar refractivity (Wildman–Crippen MR) is 59.5 cm³/mol. The minimum Gasteiger partial charge on any atom is -0.389 e. The summed E-state index contributed by atoms with van der Waals surface area (Å²) in [6, 6.07) is 0. The lowest BCUT2D eigenvalue weighted by molar-refractivity contribution is -0.139. The first-order valence-electron chi connectivity index (χ1n) is 6.15. The van der Waals surface area contributed by atoms with Crippen LogP contribution < -0.4 is 5.73 Å². The highest BCUT2D eigenvalue weighted by Gasteiger charge is 2.54. The summed E-state index contributed by atoms with van der Waals surface area (Å²) < 4.78 is 5.48. The molecular weight excluding hydrogens is 190 g/mol. The highest BCUT2D eigenvalue weighted by molar-refractivity contribution is 5.05. The Morgan fingerprint density at radius 3 is 2.73 bits per heavy atom. The summed E-state index contributed by atoms with van der Waals surface area (Å²) in [6.07, 6.45) is 5.31. The summed E-state index contributed by atoms with van der Waals surface area (Å²) in [5.74, 6) is 0.358. The third-order valence-electron chi connectivity index (χ3n) is 4.67. The van der Waals surface area contributed by atoms with Crippen molar-refractivity contribution in [1.29, 1.82) is 0 Å². The van der Waals surface area contributed by atoms with E-state index in [1.165, 1.54) is 6.42 Å². The van der Waals surface area contributed by atoms with Crippen molar-refractivity contribution < 1.29 is 9.84 Å². The van der Waals surface area contributed by atoms with Crippen molar-refractivity contribution >= 4 is 0 Å². The Labute approximate surface area is 92.0 Å². The Hall–Kier alpha value is -0.120.